The fourth-order valence-electron chi connectivity index (χ4n) is 4.46. The minimum Gasteiger partial charge on any atom is -0.464 e. The SMILES string of the molecule is O=C1CC[C@H](c2coc3ccc4cc(CCN5CCOCC5)ccc4c23)C(=O)N1. The number of nitrogens with zero attached hydrogens (tertiary/aromatic N) is 1. The third-order valence-electron chi connectivity index (χ3n) is 6.08. The molecule has 6 heteroatoms. The zero-order valence-corrected chi connectivity index (χ0v) is 16.3. The van der Waals surface area contributed by atoms with Crippen molar-refractivity contribution >= 4 is 33.6 Å². The molecule has 2 aliphatic heterocycles. The maximum absolute atomic E-state index is 12.4. The first-order valence-corrected chi connectivity index (χ1v) is 10.3. The number of carbonyl (C=O) groups is 2. The second kappa shape index (κ2) is 7.61. The van der Waals surface area contributed by atoms with Crippen molar-refractivity contribution in [2.24, 2.45) is 0 Å². The van der Waals surface area contributed by atoms with Crippen LogP contribution >= 0.6 is 0 Å². The normalized spacial score (nSPS) is 21.0. The maximum atomic E-state index is 12.4. The van der Waals surface area contributed by atoms with Crippen molar-refractivity contribution in [2.45, 2.75) is 25.2 Å². The number of carbonyl (C=O) groups excluding carboxylic acids is 2. The zero-order chi connectivity index (χ0) is 19.8. The lowest BCUT2D eigenvalue weighted by molar-refractivity contribution is -0.134. The van der Waals surface area contributed by atoms with Crippen LogP contribution in [0.4, 0.5) is 0 Å². The van der Waals surface area contributed by atoms with Crippen LogP contribution in [0.25, 0.3) is 21.7 Å². The van der Waals surface area contributed by atoms with Crippen molar-refractivity contribution in [3.8, 4) is 0 Å². The number of hydrogen-bond donors (Lipinski definition) is 1. The van der Waals surface area contributed by atoms with Crippen molar-refractivity contribution in [1.29, 1.82) is 0 Å². The Bertz CT molecular complexity index is 1080. The van der Waals surface area contributed by atoms with E-state index in [1.54, 1.807) is 6.26 Å². The third-order valence-corrected chi connectivity index (χ3v) is 6.08. The van der Waals surface area contributed by atoms with Gasteiger partial charge in [0.1, 0.15) is 5.58 Å². The Hall–Kier alpha value is -2.70. The number of furan rings is 1. The van der Waals surface area contributed by atoms with E-state index >= 15 is 0 Å². The molecule has 0 saturated carbocycles. The zero-order valence-electron chi connectivity index (χ0n) is 16.3. The van der Waals surface area contributed by atoms with E-state index in [2.05, 4.69) is 34.5 Å². The van der Waals surface area contributed by atoms with Gasteiger partial charge in [0.25, 0.3) is 0 Å². The van der Waals surface area contributed by atoms with E-state index in [4.69, 9.17) is 9.15 Å². The van der Waals surface area contributed by atoms with Crippen molar-refractivity contribution < 1.29 is 18.7 Å². The molecule has 0 radical (unpaired) electrons. The first-order chi connectivity index (χ1) is 14.2. The summed E-state index contributed by atoms with van der Waals surface area (Å²) in [6.07, 6.45) is 3.56. The van der Waals surface area contributed by atoms with Gasteiger partial charge in [-0.25, -0.2) is 0 Å². The Morgan fingerprint density at radius 2 is 1.97 bits per heavy atom. The van der Waals surface area contributed by atoms with E-state index in [0.717, 1.165) is 66.6 Å². The lowest BCUT2D eigenvalue weighted by Crippen LogP contribution is -2.39. The summed E-state index contributed by atoms with van der Waals surface area (Å²) in [5.74, 6) is -0.780. The fraction of sp³-hybridized carbons (Fsp3) is 0.391. The number of fused-ring (bicyclic) bond motifs is 3. The number of nitrogens with one attached hydrogen (secondary N) is 1. The van der Waals surface area contributed by atoms with Gasteiger partial charge in [0.2, 0.25) is 11.8 Å². The Kier molecular flexibility index (Phi) is 4.81. The predicted octanol–water partition coefficient (Wildman–Crippen LogP) is 2.98. The van der Waals surface area contributed by atoms with Crippen LogP contribution in [0.3, 0.4) is 0 Å². The number of benzene rings is 2. The number of hydrogen-bond acceptors (Lipinski definition) is 5. The molecule has 0 bridgehead atoms. The lowest BCUT2D eigenvalue weighted by atomic mass is 9.88. The number of ether oxygens (including phenoxy) is 1. The van der Waals surface area contributed by atoms with E-state index < -0.39 is 0 Å². The van der Waals surface area contributed by atoms with Gasteiger partial charge in [0.05, 0.1) is 25.4 Å². The largest absolute Gasteiger partial charge is 0.464 e. The number of amides is 2. The molecule has 150 valence electrons. The molecule has 3 aromatic rings. The van der Waals surface area contributed by atoms with E-state index in [-0.39, 0.29) is 17.7 Å². The summed E-state index contributed by atoms with van der Waals surface area (Å²) in [6, 6.07) is 10.6. The van der Waals surface area contributed by atoms with Crippen LogP contribution in [-0.2, 0) is 20.7 Å². The van der Waals surface area contributed by atoms with E-state index in [0.29, 0.717) is 12.8 Å². The Morgan fingerprint density at radius 1 is 1.10 bits per heavy atom. The summed E-state index contributed by atoms with van der Waals surface area (Å²) in [7, 11) is 0. The minimum absolute atomic E-state index is 0.200. The highest BCUT2D eigenvalue weighted by Crippen LogP contribution is 2.37. The highest BCUT2D eigenvalue weighted by molar-refractivity contribution is 6.10. The summed E-state index contributed by atoms with van der Waals surface area (Å²) in [5.41, 5.74) is 2.95. The lowest BCUT2D eigenvalue weighted by Gasteiger charge is -2.26. The molecule has 6 nitrogen and oxygen atoms in total. The topological polar surface area (TPSA) is 71.8 Å². The quantitative estimate of drug-likeness (QED) is 0.691. The molecule has 2 aromatic carbocycles. The van der Waals surface area contributed by atoms with Gasteiger partial charge in [-0.2, -0.15) is 0 Å². The molecular formula is C23H24N2O4. The van der Waals surface area contributed by atoms with Crippen molar-refractivity contribution in [3.63, 3.8) is 0 Å². The van der Waals surface area contributed by atoms with E-state index in [1.807, 2.05) is 6.07 Å². The van der Waals surface area contributed by atoms with Gasteiger partial charge in [-0.3, -0.25) is 19.8 Å². The van der Waals surface area contributed by atoms with Gasteiger partial charge < -0.3 is 9.15 Å². The van der Waals surface area contributed by atoms with Crippen LogP contribution in [0.5, 0.6) is 0 Å². The number of imide groups is 1. The molecular weight excluding hydrogens is 368 g/mol. The molecule has 2 amide bonds. The molecule has 1 N–H and O–H groups in total. The fourth-order valence-corrected chi connectivity index (χ4v) is 4.46. The molecule has 5 rings (SSSR count). The smallest absolute Gasteiger partial charge is 0.234 e. The monoisotopic (exact) mass is 392 g/mol. The van der Waals surface area contributed by atoms with E-state index in [9.17, 15) is 9.59 Å². The van der Waals surface area contributed by atoms with Gasteiger partial charge in [-0.1, -0.05) is 24.3 Å². The first kappa shape index (κ1) is 18.3. The van der Waals surface area contributed by atoms with Gasteiger partial charge in [-0.05, 0) is 35.2 Å². The Labute approximate surface area is 168 Å². The highest BCUT2D eigenvalue weighted by atomic mass is 16.5. The molecule has 0 aliphatic carbocycles. The van der Waals surface area contributed by atoms with Crippen molar-refractivity contribution in [2.75, 3.05) is 32.8 Å². The molecule has 2 fully saturated rings. The second-order valence-corrected chi connectivity index (χ2v) is 7.89. The summed E-state index contributed by atoms with van der Waals surface area (Å²) in [4.78, 5) is 26.3. The molecule has 3 heterocycles. The van der Waals surface area contributed by atoms with Gasteiger partial charge in [0, 0.05) is 37.0 Å². The molecule has 29 heavy (non-hydrogen) atoms. The van der Waals surface area contributed by atoms with Crippen molar-refractivity contribution in [1.82, 2.24) is 10.2 Å². The molecule has 0 spiro atoms. The molecule has 1 aromatic heterocycles. The summed E-state index contributed by atoms with van der Waals surface area (Å²) >= 11 is 0. The summed E-state index contributed by atoms with van der Waals surface area (Å²) < 4.78 is 11.2. The molecule has 2 saturated heterocycles. The molecule has 2 aliphatic rings. The van der Waals surface area contributed by atoms with Crippen molar-refractivity contribution in [3.05, 3.63) is 47.7 Å². The van der Waals surface area contributed by atoms with Gasteiger partial charge in [0.15, 0.2) is 0 Å². The predicted molar refractivity (Wildman–Crippen MR) is 110 cm³/mol. The molecule has 0 unspecified atom stereocenters. The first-order valence-electron chi connectivity index (χ1n) is 10.3. The van der Waals surface area contributed by atoms with Crippen LogP contribution in [-0.4, -0.2) is 49.6 Å². The van der Waals surface area contributed by atoms with Crippen LogP contribution in [0.2, 0.25) is 0 Å². The summed E-state index contributed by atoms with van der Waals surface area (Å²) in [6.45, 7) is 4.67. The highest BCUT2D eigenvalue weighted by Gasteiger charge is 2.30. The Balaban J connectivity index is 1.45. The number of morpholine rings is 1. The minimum atomic E-state index is -0.347. The van der Waals surface area contributed by atoms with E-state index in [1.165, 1.54) is 5.56 Å². The van der Waals surface area contributed by atoms with Crippen LogP contribution in [0.15, 0.2) is 41.0 Å². The van der Waals surface area contributed by atoms with Gasteiger partial charge >= 0.3 is 0 Å². The number of piperidine rings is 1. The van der Waals surface area contributed by atoms with Gasteiger partial charge in [-0.15, -0.1) is 0 Å². The van der Waals surface area contributed by atoms with Crippen LogP contribution < -0.4 is 5.32 Å². The maximum Gasteiger partial charge on any atom is 0.234 e. The summed E-state index contributed by atoms with van der Waals surface area (Å²) in [5, 5.41) is 5.67. The second-order valence-electron chi connectivity index (χ2n) is 7.89. The Morgan fingerprint density at radius 3 is 2.79 bits per heavy atom. The van der Waals surface area contributed by atoms with Crippen LogP contribution in [0.1, 0.15) is 29.9 Å². The third kappa shape index (κ3) is 3.54. The van der Waals surface area contributed by atoms with Crippen LogP contribution in [0, 0.1) is 0 Å². The average Bonchev–Trinajstić information content (AvgIpc) is 3.17. The molecule has 1 atom stereocenters. The standard InChI is InChI=1S/C23H24N2O4/c26-21-6-4-18(23(27)24-21)19-14-29-20-5-2-16-13-15(1-3-17(16)22(19)20)7-8-25-9-11-28-12-10-25/h1-3,5,13-14,18H,4,6-12H2,(H,24,26,27)/t18-/m1/s1. The average molecular weight is 392 g/mol. The number of rotatable bonds is 4.